The number of benzene rings is 2. The number of ether oxygens (including phenoxy) is 1. The third kappa shape index (κ3) is 5.10. The molecule has 1 amide bonds. The molecule has 0 saturated heterocycles. The first-order valence-corrected chi connectivity index (χ1v) is 6.80. The minimum atomic E-state index is -0.119. The number of para-hydroxylation sites is 1. The fraction of sp³-hybridized carbons (Fsp3) is 0.176. The van der Waals surface area contributed by atoms with E-state index in [0.29, 0.717) is 6.54 Å². The Bertz CT molecular complexity index is 579. The summed E-state index contributed by atoms with van der Waals surface area (Å²) >= 11 is 0. The second-order valence-corrected chi connectivity index (χ2v) is 4.54. The van der Waals surface area contributed by atoms with Crippen LogP contribution < -0.4 is 10.1 Å². The zero-order valence-electron chi connectivity index (χ0n) is 11.6. The molecule has 0 unspecified atom stereocenters. The van der Waals surface area contributed by atoms with Crippen molar-refractivity contribution in [2.24, 2.45) is 0 Å². The van der Waals surface area contributed by atoms with Crippen LogP contribution in [-0.2, 0) is 16.1 Å². The van der Waals surface area contributed by atoms with Crippen LogP contribution in [0.25, 0.3) is 0 Å². The summed E-state index contributed by atoms with van der Waals surface area (Å²) in [6, 6.07) is 17.1. The lowest BCUT2D eigenvalue weighted by atomic mass is 10.2. The minimum absolute atomic E-state index is 0.119. The maximum atomic E-state index is 11.4. The van der Waals surface area contributed by atoms with Gasteiger partial charge in [0.15, 0.2) is 0 Å². The Kier molecular flexibility index (Phi) is 5.52. The molecule has 0 heterocycles. The van der Waals surface area contributed by atoms with Gasteiger partial charge in [-0.1, -0.05) is 30.3 Å². The average Bonchev–Trinajstić information content (AvgIpc) is 2.53. The third-order valence-electron chi connectivity index (χ3n) is 2.88. The third-order valence-corrected chi connectivity index (χ3v) is 2.88. The predicted octanol–water partition coefficient (Wildman–Crippen LogP) is 3.07. The molecule has 0 spiro atoms. The van der Waals surface area contributed by atoms with Crippen molar-refractivity contribution < 1.29 is 14.3 Å². The molecule has 0 radical (unpaired) electrons. The van der Waals surface area contributed by atoms with Crippen LogP contribution in [0.4, 0.5) is 0 Å². The summed E-state index contributed by atoms with van der Waals surface area (Å²) in [5.74, 6) is 1.41. The van der Waals surface area contributed by atoms with Crippen LogP contribution in [0.2, 0.25) is 0 Å². The number of aldehydes is 1. The Morgan fingerprint density at radius 2 is 1.67 bits per heavy atom. The van der Waals surface area contributed by atoms with Crippen LogP contribution in [0.1, 0.15) is 18.4 Å². The summed E-state index contributed by atoms with van der Waals surface area (Å²) in [4.78, 5) is 21.6. The molecular formula is C17H17NO3. The van der Waals surface area contributed by atoms with Gasteiger partial charge in [0.2, 0.25) is 5.91 Å². The van der Waals surface area contributed by atoms with E-state index in [9.17, 15) is 9.59 Å². The van der Waals surface area contributed by atoms with E-state index in [1.165, 1.54) is 0 Å². The van der Waals surface area contributed by atoms with Gasteiger partial charge in [-0.3, -0.25) is 4.79 Å². The van der Waals surface area contributed by atoms with Crippen LogP contribution in [0.15, 0.2) is 54.6 Å². The fourth-order valence-electron chi connectivity index (χ4n) is 1.78. The number of nitrogens with one attached hydrogen (secondary N) is 1. The molecule has 0 bridgehead atoms. The highest BCUT2D eigenvalue weighted by Gasteiger charge is 2.01. The predicted molar refractivity (Wildman–Crippen MR) is 80.1 cm³/mol. The fourth-order valence-corrected chi connectivity index (χ4v) is 1.78. The lowest BCUT2D eigenvalue weighted by Gasteiger charge is -2.07. The van der Waals surface area contributed by atoms with Crippen LogP contribution in [0, 0.1) is 0 Å². The Labute approximate surface area is 123 Å². The molecule has 0 atom stereocenters. The molecule has 1 N–H and O–H groups in total. The first-order chi connectivity index (χ1) is 10.3. The van der Waals surface area contributed by atoms with Gasteiger partial charge in [0, 0.05) is 19.4 Å². The maximum Gasteiger partial charge on any atom is 0.220 e. The summed E-state index contributed by atoms with van der Waals surface area (Å²) < 4.78 is 5.69. The topological polar surface area (TPSA) is 55.4 Å². The molecular weight excluding hydrogens is 266 g/mol. The van der Waals surface area contributed by atoms with Gasteiger partial charge in [0.05, 0.1) is 0 Å². The van der Waals surface area contributed by atoms with Gasteiger partial charge in [-0.05, 0) is 29.8 Å². The maximum absolute atomic E-state index is 11.4. The van der Waals surface area contributed by atoms with Gasteiger partial charge < -0.3 is 14.8 Å². The van der Waals surface area contributed by atoms with E-state index in [4.69, 9.17) is 4.74 Å². The lowest BCUT2D eigenvalue weighted by molar-refractivity contribution is -0.122. The van der Waals surface area contributed by atoms with Crippen molar-refractivity contribution >= 4 is 12.2 Å². The number of carbonyl (C=O) groups is 2. The molecule has 21 heavy (non-hydrogen) atoms. The molecule has 4 nitrogen and oxygen atoms in total. The molecule has 0 aliphatic rings. The highest BCUT2D eigenvalue weighted by atomic mass is 16.5. The molecule has 0 aromatic heterocycles. The summed E-state index contributed by atoms with van der Waals surface area (Å²) in [6.07, 6.45) is 1.24. The zero-order chi connectivity index (χ0) is 14.9. The van der Waals surface area contributed by atoms with Crippen molar-refractivity contribution in [1.29, 1.82) is 0 Å². The smallest absolute Gasteiger partial charge is 0.220 e. The van der Waals surface area contributed by atoms with Crippen molar-refractivity contribution in [1.82, 2.24) is 5.32 Å². The second kappa shape index (κ2) is 7.85. The standard InChI is InChI=1S/C17H17NO3/c19-12-4-7-17(20)18-13-14-8-10-16(11-9-14)21-15-5-2-1-3-6-15/h1-3,5-6,8-12H,4,7,13H2,(H,18,20). The van der Waals surface area contributed by atoms with Gasteiger partial charge in [-0.25, -0.2) is 0 Å². The number of amides is 1. The number of rotatable bonds is 7. The number of hydrogen-bond acceptors (Lipinski definition) is 3. The molecule has 0 aliphatic heterocycles. The molecule has 0 saturated carbocycles. The van der Waals surface area contributed by atoms with Crippen molar-refractivity contribution in [2.45, 2.75) is 19.4 Å². The molecule has 2 aromatic carbocycles. The van der Waals surface area contributed by atoms with Crippen LogP contribution in [0.3, 0.4) is 0 Å². The summed E-state index contributed by atoms with van der Waals surface area (Å²) in [5.41, 5.74) is 0.981. The normalized spacial score (nSPS) is 9.90. The molecule has 108 valence electrons. The number of hydrogen-bond donors (Lipinski definition) is 1. The highest BCUT2D eigenvalue weighted by molar-refractivity contribution is 5.78. The van der Waals surface area contributed by atoms with Gasteiger partial charge >= 0.3 is 0 Å². The SMILES string of the molecule is O=CCCC(=O)NCc1ccc(Oc2ccccc2)cc1. The Balaban J connectivity index is 1.84. The van der Waals surface area contributed by atoms with Crippen molar-refractivity contribution in [3.8, 4) is 11.5 Å². The Hall–Kier alpha value is -2.62. The number of carbonyl (C=O) groups excluding carboxylic acids is 2. The van der Waals surface area contributed by atoms with Crippen molar-refractivity contribution in [2.75, 3.05) is 0 Å². The molecule has 2 aromatic rings. The van der Waals surface area contributed by atoms with E-state index in [2.05, 4.69) is 5.32 Å². The molecule has 2 rings (SSSR count). The minimum Gasteiger partial charge on any atom is -0.457 e. The van der Waals surface area contributed by atoms with E-state index in [1.54, 1.807) is 0 Å². The van der Waals surface area contributed by atoms with Crippen LogP contribution in [0.5, 0.6) is 11.5 Å². The summed E-state index contributed by atoms with van der Waals surface area (Å²) in [5, 5.41) is 2.76. The van der Waals surface area contributed by atoms with Gasteiger partial charge in [0.25, 0.3) is 0 Å². The van der Waals surface area contributed by atoms with Crippen LogP contribution in [-0.4, -0.2) is 12.2 Å². The average molecular weight is 283 g/mol. The summed E-state index contributed by atoms with van der Waals surface area (Å²) in [7, 11) is 0. The Morgan fingerprint density at radius 3 is 2.33 bits per heavy atom. The Morgan fingerprint density at radius 1 is 1.00 bits per heavy atom. The largest absolute Gasteiger partial charge is 0.457 e. The van der Waals surface area contributed by atoms with Crippen LogP contribution >= 0.6 is 0 Å². The molecule has 4 heteroatoms. The first kappa shape index (κ1) is 14.8. The van der Waals surface area contributed by atoms with Crippen molar-refractivity contribution in [3.63, 3.8) is 0 Å². The lowest BCUT2D eigenvalue weighted by Crippen LogP contribution is -2.22. The van der Waals surface area contributed by atoms with Gasteiger partial charge in [0.1, 0.15) is 17.8 Å². The molecule has 0 fully saturated rings. The van der Waals surface area contributed by atoms with E-state index in [0.717, 1.165) is 23.3 Å². The van der Waals surface area contributed by atoms with Crippen molar-refractivity contribution in [3.05, 3.63) is 60.2 Å². The van der Waals surface area contributed by atoms with Gasteiger partial charge in [-0.15, -0.1) is 0 Å². The van der Waals surface area contributed by atoms with E-state index < -0.39 is 0 Å². The van der Waals surface area contributed by atoms with Gasteiger partial charge in [-0.2, -0.15) is 0 Å². The quantitative estimate of drug-likeness (QED) is 0.794. The van der Waals surface area contributed by atoms with E-state index in [-0.39, 0.29) is 18.7 Å². The zero-order valence-corrected chi connectivity index (χ0v) is 11.6. The van der Waals surface area contributed by atoms with E-state index >= 15 is 0 Å². The second-order valence-electron chi connectivity index (χ2n) is 4.54. The summed E-state index contributed by atoms with van der Waals surface area (Å²) in [6.45, 7) is 0.448. The first-order valence-electron chi connectivity index (χ1n) is 6.80. The van der Waals surface area contributed by atoms with E-state index in [1.807, 2.05) is 54.6 Å². The molecule has 0 aliphatic carbocycles. The monoisotopic (exact) mass is 283 g/mol. The highest BCUT2D eigenvalue weighted by Crippen LogP contribution is 2.20.